The molecule has 0 bridgehead atoms. The second-order valence-corrected chi connectivity index (χ2v) is 22.9. The van der Waals surface area contributed by atoms with E-state index in [4.69, 9.17) is 0 Å². The van der Waals surface area contributed by atoms with Gasteiger partial charge >= 0.3 is 0 Å². The Hall–Kier alpha value is -1.91. The summed E-state index contributed by atoms with van der Waals surface area (Å²) < 4.78 is 0. The SMILES string of the molecule is CC/C=C\C/C=C\C/C=C\C/C=C\C/C=C\CCCCCCCCCCCCCCCCCC(=O)NC(CO)C(O)CCCCCCCCCCCCCCCCCCCCCCCCCCCCCCCCC. The molecule has 0 aliphatic rings. The van der Waals surface area contributed by atoms with E-state index in [0.717, 1.165) is 57.8 Å². The second-order valence-electron chi connectivity index (χ2n) is 22.9. The minimum Gasteiger partial charge on any atom is -0.394 e. The van der Waals surface area contributed by atoms with Crippen molar-refractivity contribution < 1.29 is 15.0 Å². The van der Waals surface area contributed by atoms with E-state index < -0.39 is 12.1 Å². The van der Waals surface area contributed by atoms with Crippen molar-refractivity contribution in [3.05, 3.63) is 60.8 Å². The monoisotopic (exact) mass is 1030 g/mol. The van der Waals surface area contributed by atoms with Crippen LogP contribution < -0.4 is 5.32 Å². The van der Waals surface area contributed by atoms with Gasteiger partial charge < -0.3 is 15.5 Å². The standard InChI is InChI=1S/C70H131NO3/c1-3-5-7-9-11-13-15-17-19-21-23-25-27-29-31-33-35-37-39-41-43-45-47-49-51-53-55-57-59-61-63-65-69(73)68(67-72)71-70(74)66-64-62-60-58-56-54-52-50-48-46-44-42-40-38-36-34-32-30-28-26-24-22-20-18-16-14-12-10-8-6-4-2/h6,8,12,14,18,20,24,26,30,32,68-69,72-73H,3-5,7,9-11,13,15-17,19,21-23,25,27-29,31,33-67H2,1-2H3,(H,71,74)/b8-6-,14-12-,20-18-,26-24-,32-30-. The molecule has 2 atom stereocenters. The number of carbonyl (C=O) groups is 1. The molecule has 0 spiro atoms. The highest BCUT2D eigenvalue weighted by molar-refractivity contribution is 5.76. The van der Waals surface area contributed by atoms with Gasteiger partial charge in [0.05, 0.1) is 18.8 Å². The Balaban J connectivity index is 3.42. The van der Waals surface area contributed by atoms with Crippen molar-refractivity contribution in [2.24, 2.45) is 0 Å². The zero-order valence-corrected chi connectivity index (χ0v) is 50.1. The Morgan fingerprint density at radius 2 is 0.595 bits per heavy atom. The van der Waals surface area contributed by atoms with Gasteiger partial charge in [0.1, 0.15) is 0 Å². The summed E-state index contributed by atoms with van der Waals surface area (Å²) in [6.07, 6.45) is 92.6. The number of unbranched alkanes of at least 4 members (excludes halogenated alkanes) is 45. The highest BCUT2D eigenvalue weighted by Crippen LogP contribution is 2.19. The van der Waals surface area contributed by atoms with Gasteiger partial charge in [-0.25, -0.2) is 0 Å². The van der Waals surface area contributed by atoms with E-state index in [-0.39, 0.29) is 12.5 Å². The molecule has 0 aliphatic heterocycles. The lowest BCUT2D eigenvalue weighted by molar-refractivity contribution is -0.123. The Morgan fingerprint density at radius 1 is 0.338 bits per heavy atom. The van der Waals surface area contributed by atoms with E-state index in [0.29, 0.717) is 12.8 Å². The topological polar surface area (TPSA) is 69.6 Å². The molecule has 4 nitrogen and oxygen atoms in total. The molecule has 0 fully saturated rings. The minimum absolute atomic E-state index is 0.0275. The number of hydrogen-bond donors (Lipinski definition) is 3. The Morgan fingerprint density at radius 3 is 0.892 bits per heavy atom. The largest absolute Gasteiger partial charge is 0.394 e. The van der Waals surface area contributed by atoms with Crippen LogP contribution in [0.25, 0.3) is 0 Å². The summed E-state index contributed by atoms with van der Waals surface area (Å²) in [7, 11) is 0. The van der Waals surface area contributed by atoms with Crippen molar-refractivity contribution in [3.8, 4) is 0 Å². The molecular weight excluding hydrogens is 903 g/mol. The van der Waals surface area contributed by atoms with E-state index >= 15 is 0 Å². The first-order chi connectivity index (χ1) is 36.7. The van der Waals surface area contributed by atoms with Crippen LogP contribution in [0.1, 0.15) is 361 Å². The van der Waals surface area contributed by atoms with Gasteiger partial charge in [-0.1, -0.05) is 357 Å². The second kappa shape index (κ2) is 65.4. The van der Waals surface area contributed by atoms with Crippen molar-refractivity contribution in [2.45, 2.75) is 373 Å². The van der Waals surface area contributed by atoms with E-state index in [1.54, 1.807) is 0 Å². The molecule has 0 aliphatic carbocycles. The van der Waals surface area contributed by atoms with Crippen LogP contribution in [0.15, 0.2) is 60.8 Å². The number of carbonyl (C=O) groups excluding carboxylic acids is 1. The molecule has 0 radical (unpaired) electrons. The van der Waals surface area contributed by atoms with Crippen molar-refractivity contribution in [1.29, 1.82) is 0 Å². The van der Waals surface area contributed by atoms with Crippen LogP contribution in [0, 0.1) is 0 Å². The summed E-state index contributed by atoms with van der Waals surface area (Å²) in [5.41, 5.74) is 0. The summed E-state index contributed by atoms with van der Waals surface area (Å²) in [6, 6.07) is -0.540. The number of aliphatic hydroxyl groups excluding tert-OH is 2. The van der Waals surface area contributed by atoms with Crippen molar-refractivity contribution in [3.63, 3.8) is 0 Å². The maximum absolute atomic E-state index is 12.6. The number of nitrogens with one attached hydrogen (secondary N) is 1. The summed E-state index contributed by atoms with van der Waals surface area (Å²) in [5.74, 6) is -0.0275. The normalized spacial score (nSPS) is 13.1. The van der Waals surface area contributed by atoms with Crippen LogP contribution in [-0.4, -0.2) is 34.9 Å². The molecule has 0 saturated heterocycles. The van der Waals surface area contributed by atoms with Crippen LogP contribution in [0.4, 0.5) is 0 Å². The third-order valence-electron chi connectivity index (χ3n) is 15.5. The average molecular weight is 1030 g/mol. The van der Waals surface area contributed by atoms with Crippen molar-refractivity contribution in [2.75, 3.05) is 6.61 Å². The fraction of sp³-hybridized carbons (Fsp3) is 0.843. The van der Waals surface area contributed by atoms with Gasteiger partial charge in [0.25, 0.3) is 0 Å². The van der Waals surface area contributed by atoms with Crippen LogP contribution in [-0.2, 0) is 4.79 Å². The summed E-state index contributed by atoms with van der Waals surface area (Å²) in [5, 5.41) is 23.5. The first-order valence-electron chi connectivity index (χ1n) is 33.5. The van der Waals surface area contributed by atoms with Gasteiger partial charge in [-0.2, -0.15) is 0 Å². The maximum Gasteiger partial charge on any atom is 0.220 e. The molecule has 3 N–H and O–H groups in total. The quantitative estimate of drug-likeness (QED) is 0.0420. The smallest absolute Gasteiger partial charge is 0.220 e. The molecule has 0 aromatic heterocycles. The van der Waals surface area contributed by atoms with E-state index in [2.05, 4.69) is 79.9 Å². The summed E-state index contributed by atoms with van der Waals surface area (Å²) in [6.45, 7) is 4.28. The molecule has 0 aromatic carbocycles. The van der Waals surface area contributed by atoms with Gasteiger partial charge in [0.2, 0.25) is 5.91 Å². The highest BCUT2D eigenvalue weighted by atomic mass is 16.3. The molecule has 0 saturated carbocycles. The van der Waals surface area contributed by atoms with E-state index in [1.165, 1.54) is 276 Å². The summed E-state index contributed by atoms with van der Waals surface area (Å²) >= 11 is 0. The number of allylic oxidation sites excluding steroid dienone is 10. The summed E-state index contributed by atoms with van der Waals surface area (Å²) in [4.78, 5) is 12.6. The lowest BCUT2D eigenvalue weighted by Gasteiger charge is -2.22. The molecule has 4 heteroatoms. The molecule has 434 valence electrons. The Bertz CT molecular complexity index is 1220. The maximum atomic E-state index is 12.6. The highest BCUT2D eigenvalue weighted by Gasteiger charge is 2.20. The van der Waals surface area contributed by atoms with Gasteiger partial charge in [-0.05, 0) is 57.8 Å². The lowest BCUT2D eigenvalue weighted by Crippen LogP contribution is -2.45. The number of amides is 1. The van der Waals surface area contributed by atoms with Crippen LogP contribution >= 0.6 is 0 Å². The number of rotatable bonds is 62. The molecule has 1 amide bonds. The number of hydrogen-bond acceptors (Lipinski definition) is 3. The number of aliphatic hydroxyl groups is 2. The predicted molar refractivity (Wildman–Crippen MR) is 331 cm³/mol. The average Bonchev–Trinajstić information content (AvgIpc) is 3.40. The zero-order valence-electron chi connectivity index (χ0n) is 50.1. The van der Waals surface area contributed by atoms with Crippen LogP contribution in [0.3, 0.4) is 0 Å². The molecule has 0 heterocycles. The third kappa shape index (κ3) is 60.9. The van der Waals surface area contributed by atoms with Crippen molar-refractivity contribution >= 4 is 5.91 Å². The molecule has 74 heavy (non-hydrogen) atoms. The molecule has 2 unspecified atom stereocenters. The van der Waals surface area contributed by atoms with Gasteiger partial charge in [-0.3, -0.25) is 4.79 Å². The van der Waals surface area contributed by atoms with Gasteiger partial charge in [0.15, 0.2) is 0 Å². The van der Waals surface area contributed by atoms with E-state index in [9.17, 15) is 15.0 Å². The van der Waals surface area contributed by atoms with Crippen LogP contribution in [0.2, 0.25) is 0 Å². The molecular formula is C70H131NO3. The van der Waals surface area contributed by atoms with E-state index in [1.807, 2.05) is 0 Å². The minimum atomic E-state index is -0.663. The molecule has 0 rings (SSSR count). The lowest BCUT2D eigenvalue weighted by atomic mass is 10.0. The Kier molecular flexibility index (Phi) is 63.7. The fourth-order valence-corrected chi connectivity index (χ4v) is 10.5. The van der Waals surface area contributed by atoms with Gasteiger partial charge in [0, 0.05) is 6.42 Å². The fourth-order valence-electron chi connectivity index (χ4n) is 10.5. The van der Waals surface area contributed by atoms with Crippen molar-refractivity contribution in [1.82, 2.24) is 5.32 Å². The predicted octanol–water partition coefficient (Wildman–Crippen LogP) is 22.7. The van der Waals surface area contributed by atoms with Crippen LogP contribution in [0.5, 0.6) is 0 Å². The third-order valence-corrected chi connectivity index (χ3v) is 15.5. The Labute approximate surface area is 464 Å². The van der Waals surface area contributed by atoms with Gasteiger partial charge in [-0.15, -0.1) is 0 Å². The zero-order chi connectivity index (χ0) is 53.4. The molecule has 0 aromatic rings. The first kappa shape index (κ1) is 72.1. The first-order valence-corrected chi connectivity index (χ1v) is 33.5.